The number of thioether (sulfide) groups is 1. The average Bonchev–Trinajstić information content (AvgIpc) is 2.45. The van der Waals surface area contributed by atoms with Gasteiger partial charge in [0.05, 0.1) is 10.9 Å². The molecule has 0 aliphatic carbocycles. The molecule has 0 aliphatic heterocycles. The van der Waals surface area contributed by atoms with E-state index < -0.39 is 23.7 Å². The highest BCUT2D eigenvalue weighted by Crippen LogP contribution is 2.44. The molecule has 1 atom stereocenters. The van der Waals surface area contributed by atoms with Crippen LogP contribution in [0, 0.1) is 5.92 Å². The number of Topliss-reactive ketones (excluding diaryl/α,β-unsaturated/α-hetero) is 2. The smallest absolute Gasteiger partial charge is 0.341 e. The minimum atomic E-state index is -1.14. The van der Waals surface area contributed by atoms with Gasteiger partial charge in [-0.1, -0.05) is 29.3 Å². The minimum Gasteiger partial charge on any atom is -0.480 e. The van der Waals surface area contributed by atoms with Crippen LogP contribution in [-0.4, -0.2) is 35.5 Å². The zero-order chi connectivity index (χ0) is 17.7. The molecule has 1 aromatic carbocycles. The van der Waals surface area contributed by atoms with E-state index in [1.165, 1.54) is 31.7 Å². The Balaban J connectivity index is 3.25. The van der Waals surface area contributed by atoms with Crippen LogP contribution in [0.3, 0.4) is 0 Å². The number of carboxylic acids is 1. The normalized spacial score (nSPS) is 12.1. The Labute approximate surface area is 148 Å². The molecule has 126 valence electrons. The quantitative estimate of drug-likeness (QED) is 0.695. The fourth-order valence-corrected chi connectivity index (χ4v) is 3.84. The maximum Gasteiger partial charge on any atom is 0.341 e. The third kappa shape index (κ3) is 4.86. The van der Waals surface area contributed by atoms with Crippen molar-refractivity contribution in [3.8, 4) is 5.75 Å². The summed E-state index contributed by atoms with van der Waals surface area (Å²) >= 11 is 13.7. The van der Waals surface area contributed by atoms with Gasteiger partial charge < -0.3 is 9.84 Å². The van der Waals surface area contributed by atoms with Gasteiger partial charge >= 0.3 is 5.97 Å². The predicted octanol–water partition coefficient (Wildman–Crippen LogP) is 3.66. The van der Waals surface area contributed by atoms with Gasteiger partial charge in [-0.15, -0.1) is 0 Å². The zero-order valence-electron chi connectivity index (χ0n) is 12.8. The molecular formula is C15H16Cl2O5S. The molecule has 1 aromatic rings. The summed E-state index contributed by atoms with van der Waals surface area (Å²) in [4.78, 5) is 34.1. The summed E-state index contributed by atoms with van der Waals surface area (Å²) in [7, 11) is 0. The van der Waals surface area contributed by atoms with E-state index in [0.717, 1.165) is 0 Å². The molecule has 1 unspecified atom stereocenters. The van der Waals surface area contributed by atoms with E-state index >= 15 is 0 Å². The van der Waals surface area contributed by atoms with Gasteiger partial charge in [-0.3, -0.25) is 9.59 Å². The Hall–Kier alpha value is -1.24. The summed E-state index contributed by atoms with van der Waals surface area (Å²) in [5.41, 5.74) is 0.530. The number of carbonyl (C=O) groups excluding carboxylic acids is 2. The van der Waals surface area contributed by atoms with Crippen molar-refractivity contribution in [3.05, 3.63) is 27.7 Å². The highest BCUT2D eigenvalue weighted by Gasteiger charge is 2.32. The van der Waals surface area contributed by atoms with Crippen molar-refractivity contribution in [3.63, 3.8) is 0 Å². The van der Waals surface area contributed by atoms with Gasteiger partial charge in [-0.25, -0.2) is 4.79 Å². The van der Waals surface area contributed by atoms with E-state index in [1.807, 2.05) is 0 Å². The number of halogens is 2. The van der Waals surface area contributed by atoms with Crippen LogP contribution < -0.4 is 4.74 Å². The van der Waals surface area contributed by atoms with Crippen LogP contribution in [0.4, 0.5) is 0 Å². The van der Waals surface area contributed by atoms with E-state index in [0.29, 0.717) is 5.56 Å². The Morgan fingerprint density at radius 2 is 1.74 bits per heavy atom. The number of ether oxygens (including phenoxy) is 1. The first-order valence-corrected chi connectivity index (χ1v) is 8.61. The SMILES string of the molecule is CSC(c1ccc(OCC(=O)O)c(Cl)c1Cl)C(C(C)=O)C(C)=O. The van der Waals surface area contributed by atoms with Crippen LogP contribution in [0.1, 0.15) is 24.7 Å². The van der Waals surface area contributed by atoms with E-state index in [-0.39, 0.29) is 27.4 Å². The summed E-state index contributed by atoms with van der Waals surface area (Å²) in [6.07, 6.45) is 1.77. The lowest BCUT2D eigenvalue weighted by atomic mass is 9.92. The monoisotopic (exact) mass is 378 g/mol. The third-order valence-corrected chi connectivity index (χ3v) is 5.08. The van der Waals surface area contributed by atoms with Crippen molar-refractivity contribution in [1.29, 1.82) is 0 Å². The molecule has 1 N–H and O–H groups in total. The van der Waals surface area contributed by atoms with Gasteiger partial charge in [0.1, 0.15) is 22.3 Å². The minimum absolute atomic E-state index is 0.0512. The number of rotatable bonds is 8. The Bertz CT molecular complexity index is 619. The van der Waals surface area contributed by atoms with Crippen LogP contribution in [0.2, 0.25) is 10.0 Å². The van der Waals surface area contributed by atoms with Gasteiger partial charge in [0.2, 0.25) is 0 Å². The lowest BCUT2D eigenvalue weighted by Gasteiger charge is -2.23. The molecule has 0 aliphatic rings. The number of hydrogen-bond acceptors (Lipinski definition) is 5. The van der Waals surface area contributed by atoms with Crippen molar-refractivity contribution >= 4 is 52.5 Å². The first-order chi connectivity index (χ1) is 10.7. The first-order valence-electron chi connectivity index (χ1n) is 6.56. The lowest BCUT2D eigenvalue weighted by molar-refractivity contribution is -0.139. The molecule has 0 saturated carbocycles. The second-order valence-electron chi connectivity index (χ2n) is 4.82. The number of hydrogen-bond donors (Lipinski definition) is 1. The van der Waals surface area contributed by atoms with Crippen LogP contribution in [0.25, 0.3) is 0 Å². The molecule has 0 heterocycles. The molecule has 0 spiro atoms. The van der Waals surface area contributed by atoms with Crippen LogP contribution in [0.15, 0.2) is 12.1 Å². The molecule has 0 bridgehead atoms. The van der Waals surface area contributed by atoms with Gasteiger partial charge in [0.25, 0.3) is 0 Å². The number of carboxylic acid groups (broad SMARTS) is 1. The molecule has 0 radical (unpaired) electrons. The summed E-state index contributed by atoms with van der Waals surface area (Å²) < 4.78 is 5.05. The maximum atomic E-state index is 11.8. The molecule has 0 fully saturated rings. The number of ketones is 2. The molecule has 23 heavy (non-hydrogen) atoms. The molecule has 1 rings (SSSR count). The second-order valence-corrected chi connectivity index (χ2v) is 6.55. The van der Waals surface area contributed by atoms with Crippen LogP contribution >= 0.6 is 35.0 Å². The Morgan fingerprint density at radius 3 is 2.17 bits per heavy atom. The Morgan fingerprint density at radius 1 is 1.17 bits per heavy atom. The highest BCUT2D eigenvalue weighted by molar-refractivity contribution is 7.98. The predicted molar refractivity (Wildman–Crippen MR) is 90.7 cm³/mol. The lowest BCUT2D eigenvalue weighted by Crippen LogP contribution is -2.25. The fourth-order valence-electron chi connectivity index (χ4n) is 2.17. The fraction of sp³-hybridized carbons (Fsp3) is 0.400. The Kier molecular flexibility index (Phi) is 7.38. The first kappa shape index (κ1) is 19.8. The van der Waals surface area contributed by atoms with Crippen molar-refractivity contribution < 1.29 is 24.2 Å². The summed E-state index contributed by atoms with van der Waals surface area (Å²) in [6, 6.07) is 3.07. The summed E-state index contributed by atoms with van der Waals surface area (Å²) in [5, 5.41) is 8.34. The highest BCUT2D eigenvalue weighted by atomic mass is 35.5. The zero-order valence-corrected chi connectivity index (χ0v) is 15.1. The number of carbonyl (C=O) groups is 3. The van der Waals surface area contributed by atoms with E-state index in [2.05, 4.69) is 0 Å². The molecular weight excluding hydrogens is 363 g/mol. The van der Waals surface area contributed by atoms with Gasteiger partial charge in [0.15, 0.2) is 6.61 Å². The molecule has 5 nitrogen and oxygen atoms in total. The van der Waals surface area contributed by atoms with Gasteiger partial charge in [0, 0.05) is 5.25 Å². The van der Waals surface area contributed by atoms with Gasteiger partial charge in [-0.2, -0.15) is 11.8 Å². The van der Waals surface area contributed by atoms with Crippen LogP contribution in [-0.2, 0) is 14.4 Å². The van der Waals surface area contributed by atoms with E-state index in [4.69, 9.17) is 33.0 Å². The summed E-state index contributed by atoms with van der Waals surface area (Å²) in [6.45, 7) is 2.16. The summed E-state index contributed by atoms with van der Waals surface area (Å²) in [5.74, 6) is -2.35. The number of aliphatic carboxylic acids is 1. The van der Waals surface area contributed by atoms with Crippen LogP contribution in [0.5, 0.6) is 5.75 Å². The molecule has 0 aromatic heterocycles. The van der Waals surface area contributed by atoms with Crippen molar-refractivity contribution in [2.75, 3.05) is 12.9 Å². The topological polar surface area (TPSA) is 80.7 Å². The van der Waals surface area contributed by atoms with Crippen molar-refractivity contribution in [2.45, 2.75) is 19.1 Å². The van der Waals surface area contributed by atoms with E-state index in [9.17, 15) is 14.4 Å². The van der Waals surface area contributed by atoms with Crippen molar-refractivity contribution in [1.82, 2.24) is 0 Å². The van der Waals surface area contributed by atoms with Gasteiger partial charge in [-0.05, 0) is 31.7 Å². The third-order valence-electron chi connectivity index (χ3n) is 3.17. The van der Waals surface area contributed by atoms with Crippen molar-refractivity contribution in [2.24, 2.45) is 5.92 Å². The molecule has 0 amide bonds. The molecule has 0 saturated heterocycles. The molecule has 8 heteroatoms. The largest absolute Gasteiger partial charge is 0.480 e. The standard InChI is InChI=1S/C15H16Cl2O5S/c1-7(18)12(8(2)19)15(23-3)9-4-5-10(14(17)13(9)16)22-6-11(20)21/h4-5,12,15H,6H2,1-3H3,(H,20,21). The maximum absolute atomic E-state index is 11.8. The van der Waals surface area contributed by atoms with E-state index in [1.54, 1.807) is 12.3 Å². The number of benzene rings is 1. The second kappa shape index (κ2) is 8.57. The average molecular weight is 379 g/mol.